The zero-order chi connectivity index (χ0) is 20.4. The van der Waals surface area contributed by atoms with Crippen LogP contribution >= 0.6 is 11.6 Å². The molecular formula is C21H21ClN6O. The number of aromatic nitrogens is 4. The van der Waals surface area contributed by atoms with Crippen LogP contribution in [0.2, 0.25) is 5.02 Å². The number of carbonyl (C=O) groups is 1. The molecule has 0 radical (unpaired) electrons. The van der Waals surface area contributed by atoms with Gasteiger partial charge in [-0.2, -0.15) is 5.10 Å². The number of piperidine rings is 1. The van der Waals surface area contributed by atoms with Crippen LogP contribution in [0.15, 0.2) is 43.2 Å². The number of nitrogen functional groups attached to an aromatic ring is 1. The van der Waals surface area contributed by atoms with Gasteiger partial charge in [0.15, 0.2) is 5.65 Å². The quantitative estimate of drug-likeness (QED) is 0.666. The highest BCUT2D eigenvalue weighted by molar-refractivity contribution is 6.30. The molecule has 29 heavy (non-hydrogen) atoms. The van der Waals surface area contributed by atoms with Crippen LogP contribution in [0.4, 0.5) is 5.82 Å². The lowest BCUT2D eigenvalue weighted by molar-refractivity contribution is -0.127. The summed E-state index contributed by atoms with van der Waals surface area (Å²) in [4.78, 5) is 22.4. The molecule has 4 rings (SSSR count). The van der Waals surface area contributed by atoms with Crippen molar-refractivity contribution < 1.29 is 4.79 Å². The van der Waals surface area contributed by atoms with E-state index in [-0.39, 0.29) is 11.9 Å². The first kappa shape index (κ1) is 19.1. The fourth-order valence-electron chi connectivity index (χ4n) is 3.63. The van der Waals surface area contributed by atoms with Crippen LogP contribution in [0.5, 0.6) is 0 Å². The Morgan fingerprint density at radius 3 is 2.79 bits per heavy atom. The minimum Gasteiger partial charge on any atom is -0.383 e. The van der Waals surface area contributed by atoms with Crippen LogP contribution in [-0.4, -0.2) is 43.6 Å². The molecule has 3 heterocycles. The highest BCUT2D eigenvalue weighted by Crippen LogP contribution is 2.29. The SMILES string of the molecule is C=CC(=O)N1CCCC(n2nc(C=Cc3ccc(Cl)cc3)c3c(N)ncnc32)C1. The molecule has 7 nitrogen and oxygen atoms in total. The maximum Gasteiger partial charge on any atom is 0.246 e. The van der Waals surface area contributed by atoms with Crippen molar-refractivity contribution in [3.8, 4) is 0 Å². The van der Waals surface area contributed by atoms with E-state index < -0.39 is 0 Å². The van der Waals surface area contributed by atoms with E-state index in [2.05, 4.69) is 16.5 Å². The third-order valence-corrected chi connectivity index (χ3v) is 5.33. The lowest BCUT2D eigenvalue weighted by atomic mass is 10.1. The van der Waals surface area contributed by atoms with E-state index in [0.717, 1.165) is 24.9 Å². The molecule has 0 aliphatic carbocycles. The number of hydrogen-bond donors (Lipinski definition) is 1. The summed E-state index contributed by atoms with van der Waals surface area (Å²) in [5.41, 5.74) is 8.51. The summed E-state index contributed by atoms with van der Waals surface area (Å²) in [7, 11) is 0. The first-order chi connectivity index (χ1) is 14.1. The van der Waals surface area contributed by atoms with Crippen molar-refractivity contribution >= 4 is 46.5 Å². The molecule has 1 unspecified atom stereocenters. The van der Waals surface area contributed by atoms with Gasteiger partial charge in [0.1, 0.15) is 12.1 Å². The molecule has 0 saturated carbocycles. The average Bonchev–Trinajstić information content (AvgIpc) is 3.13. The first-order valence-electron chi connectivity index (χ1n) is 9.40. The second-order valence-electron chi connectivity index (χ2n) is 6.96. The number of rotatable bonds is 4. The van der Waals surface area contributed by atoms with Gasteiger partial charge in [-0.25, -0.2) is 14.6 Å². The molecular weight excluding hydrogens is 388 g/mol. The van der Waals surface area contributed by atoms with E-state index in [4.69, 9.17) is 22.4 Å². The van der Waals surface area contributed by atoms with Gasteiger partial charge in [-0.05, 0) is 42.7 Å². The van der Waals surface area contributed by atoms with Crippen LogP contribution in [0.1, 0.15) is 30.1 Å². The summed E-state index contributed by atoms with van der Waals surface area (Å²) in [6, 6.07) is 7.54. The van der Waals surface area contributed by atoms with Crippen LogP contribution < -0.4 is 5.73 Å². The molecule has 1 aliphatic rings. The summed E-state index contributed by atoms with van der Waals surface area (Å²) in [5.74, 6) is 0.315. The number of hydrogen-bond acceptors (Lipinski definition) is 5. The third-order valence-electron chi connectivity index (χ3n) is 5.08. The average molecular weight is 409 g/mol. The lowest BCUT2D eigenvalue weighted by Crippen LogP contribution is -2.40. The molecule has 2 N–H and O–H groups in total. The van der Waals surface area contributed by atoms with Crippen LogP contribution in [0.3, 0.4) is 0 Å². The van der Waals surface area contributed by atoms with Crippen molar-refractivity contribution in [2.24, 2.45) is 0 Å². The molecule has 0 bridgehead atoms. The smallest absolute Gasteiger partial charge is 0.246 e. The van der Waals surface area contributed by atoms with Crippen molar-refractivity contribution in [1.29, 1.82) is 0 Å². The van der Waals surface area contributed by atoms with Gasteiger partial charge in [0.05, 0.1) is 17.1 Å². The number of anilines is 1. The normalized spacial score (nSPS) is 17.1. The Hall–Kier alpha value is -3.19. The van der Waals surface area contributed by atoms with Crippen LogP contribution in [0.25, 0.3) is 23.2 Å². The Bertz CT molecular complexity index is 1090. The minimum atomic E-state index is -0.0665. The van der Waals surface area contributed by atoms with Crippen LogP contribution in [0, 0.1) is 0 Å². The monoisotopic (exact) mass is 408 g/mol. The standard InChI is InChI=1S/C21H21ClN6O/c1-2-18(29)27-11-3-4-16(12-27)28-21-19(20(23)24-13-25-21)17(26-28)10-7-14-5-8-15(22)9-6-14/h2,5-10,13,16H,1,3-4,11-12H2,(H2,23,24,25). The van der Waals surface area contributed by atoms with Crippen LogP contribution in [-0.2, 0) is 4.79 Å². The van der Waals surface area contributed by atoms with Gasteiger partial charge in [0.25, 0.3) is 0 Å². The highest BCUT2D eigenvalue weighted by Gasteiger charge is 2.27. The summed E-state index contributed by atoms with van der Waals surface area (Å²) < 4.78 is 1.87. The number of nitrogens with zero attached hydrogens (tertiary/aromatic N) is 5. The number of amides is 1. The largest absolute Gasteiger partial charge is 0.383 e. The lowest BCUT2D eigenvalue weighted by Gasteiger charge is -2.32. The van der Waals surface area contributed by atoms with E-state index in [1.165, 1.54) is 12.4 Å². The predicted molar refractivity (Wildman–Crippen MR) is 115 cm³/mol. The molecule has 148 valence electrons. The first-order valence-corrected chi connectivity index (χ1v) is 9.78. The number of carbonyl (C=O) groups excluding carboxylic acids is 1. The van der Waals surface area contributed by atoms with Gasteiger partial charge in [-0.3, -0.25) is 4.79 Å². The molecule has 1 aliphatic heterocycles. The van der Waals surface area contributed by atoms with Gasteiger partial charge in [-0.1, -0.05) is 36.4 Å². The number of halogens is 1. The fourth-order valence-corrected chi connectivity index (χ4v) is 3.75. The van der Waals surface area contributed by atoms with Crippen molar-refractivity contribution in [2.75, 3.05) is 18.8 Å². The molecule has 0 spiro atoms. The third kappa shape index (κ3) is 3.86. The van der Waals surface area contributed by atoms with Crippen molar-refractivity contribution in [3.63, 3.8) is 0 Å². The van der Waals surface area contributed by atoms with E-state index in [1.54, 1.807) is 4.90 Å². The van der Waals surface area contributed by atoms with Gasteiger partial charge < -0.3 is 10.6 Å². The molecule has 1 saturated heterocycles. The maximum absolute atomic E-state index is 12.1. The Kier molecular flexibility index (Phi) is 5.31. The molecule has 1 aromatic carbocycles. The topological polar surface area (TPSA) is 89.9 Å². The van der Waals surface area contributed by atoms with E-state index in [0.29, 0.717) is 34.1 Å². The van der Waals surface area contributed by atoms with Gasteiger partial charge in [0.2, 0.25) is 5.91 Å². The maximum atomic E-state index is 12.1. The molecule has 3 aromatic rings. The van der Waals surface area contributed by atoms with E-state index in [1.807, 2.05) is 41.1 Å². The summed E-state index contributed by atoms with van der Waals surface area (Å²) >= 11 is 5.95. The molecule has 2 aromatic heterocycles. The molecule has 1 atom stereocenters. The number of fused-ring (bicyclic) bond motifs is 1. The second-order valence-corrected chi connectivity index (χ2v) is 7.39. The van der Waals surface area contributed by atoms with Gasteiger partial charge in [0, 0.05) is 18.1 Å². The predicted octanol–water partition coefficient (Wildman–Crippen LogP) is 3.58. The Morgan fingerprint density at radius 1 is 1.24 bits per heavy atom. The Balaban J connectivity index is 1.72. The molecule has 1 fully saturated rings. The second kappa shape index (κ2) is 8.05. The van der Waals surface area contributed by atoms with Crippen molar-refractivity contribution in [1.82, 2.24) is 24.6 Å². The fraction of sp³-hybridized carbons (Fsp3) is 0.238. The van der Waals surface area contributed by atoms with E-state index >= 15 is 0 Å². The van der Waals surface area contributed by atoms with E-state index in [9.17, 15) is 4.79 Å². The highest BCUT2D eigenvalue weighted by atomic mass is 35.5. The zero-order valence-electron chi connectivity index (χ0n) is 15.8. The van der Waals surface area contributed by atoms with Gasteiger partial charge >= 0.3 is 0 Å². The minimum absolute atomic E-state index is 0.0159. The Labute approximate surface area is 173 Å². The molecule has 8 heteroatoms. The molecule has 1 amide bonds. The van der Waals surface area contributed by atoms with Crippen molar-refractivity contribution in [3.05, 3.63) is 59.5 Å². The zero-order valence-corrected chi connectivity index (χ0v) is 16.6. The number of benzene rings is 1. The summed E-state index contributed by atoms with van der Waals surface area (Å²) in [5, 5.41) is 6.18. The number of nitrogens with two attached hydrogens (primary N) is 1. The summed E-state index contributed by atoms with van der Waals surface area (Å²) in [6.07, 6.45) is 8.44. The number of likely N-dealkylation sites (tertiary alicyclic amines) is 1. The van der Waals surface area contributed by atoms with Crippen molar-refractivity contribution in [2.45, 2.75) is 18.9 Å². The summed E-state index contributed by atoms with van der Waals surface area (Å²) in [6.45, 7) is 4.87. The van der Waals surface area contributed by atoms with Gasteiger partial charge in [-0.15, -0.1) is 0 Å². The Morgan fingerprint density at radius 2 is 2.03 bits per heavy atom.